The molecule has 182 valence electrons. The number of phosphoric acid groups is 1. The highest BCUT2D eigenvalue weighted by Gasteiger charge is 2.44. The molecule has 0 saturated carbocycles. The molecule has 2 aromatic heterocycles. The number of H-pyrrole nitrogens is 1. The third-order valence-corrected chi connectivity index (χ3v) is 5.51. The number of anilines is 1. The van der Waals surface area contributed by atoms with Crippen LogP contribution >= 0.6 is 7.82 Å². The Hall–Kier alpha value is -3.17. The van der Waals surface area contributed by atoms with Gasteiger partial charge in [0.1, 0.15) is 35.4 Å². The van der Waals surface area contributed by atoms with E-state index in [1.54, 1.807) is 12.1 Å². The number of hydrogen-bond acceptors (Lipinski definition) is 12. The van der Waals surface area contributed by atoms with Crippen LogP contribution in [0.1, 0.15) is 16.6 Å². The van der Waals surface area contributed by atoms with Crippen molar-refractivity contribution in [3.8, 4) is 5.75 Å². The molecule has 1 amide bonds. The molecule has 0 unspecified atom stereocenters. The quantitative estimate of drug-likeness (QED) is 0.257. The van der Waals surface area contributed by atoms with E-state index in [9.17, 15) is 34.2 Å². The first-order valence-corrected chi connectivity index (χ1v) is 11.1. The van der Waals surface area contributed by atoms with E-state index in [1.165, 1.54) is 19.2 Å². The van der Waals surface area contributed by atoms with Crippen molar-refractivity contribution in [3.63, 3.8) is 0 Å². The Bertz CT molecular complexity index is 1300. The lowest BCUT2D eigenvalue weighted by atomic mass is 10.1. The third-order valence-electron chi connectivity index (χ3n) is 5.04. The van der Waals surface area contributed by atoms with E-state index in [2.05, 4.69) is 24.8 Å². The Labute approximate surface area is 190 Å². The summed E-state index contributed by atoms with van der Waals surface area (Å²) in [7, 11) is -3.86. The second-order valence-corrected chi connectivity index (χ2v) is 8.37. The molecular weight excluding hydrogens is 477 g/mol. The molecule has 34 heavy (non-hydrogen) atoms. The van der Waals surface area contributed by atoms with Gasteiger partial charge in [0.2, 0.25) is 0 Å². The summed E-state index contributed by atoms with van der Waals surface area (Å²) in [6.45, 7) is -0.831. The number of phosphoric ester groups is 1. The largest absolute Gasteiger partial charge is 0.790 e. The van der Waals surface area contributed by atoms with Crippen LogP contribution in [0.5, 0.6) is 5.75 Å². The number of fused-ring (bicyclic) bond motifs is 1. The van der Waals surface area contributed by atoms with Gasteiger partial charge in [0.25, 0.3) is 5.91 Å². The summed E-state index contributed by atoms with van der Waals surface area (Å²) < 4.78 is 26.4. The molecule has 1 aliphatic heterocycles. The summed E-state index contributed by atoms with van der Waals surface area (Å²) in [6.07, 6.45) is -4.81. The van der Waals surface area contributed by atoms with E-state index >= 15 is 0 Å². The number of nitrogens with zero attached hydrogens (tertiary/aromatic N) is 3. The molecule has 4 rings (SSSR count). The molecule has 15 nitrogen and oxygen atoms in total. The van der Waals surface area contributed by atoms with Crippen molar-refractivity contribution in [1.29, 1.82) is 0 Å². The first kappa shape index (κ1) is 24.0. The summed E-state index contributed by atoms with van der Waals surface area (Å²) in [4.78, 5) is 56.4. The van der Waals surface area contributed by atoms with Gasteiger partial charge in [-0.1, -0.05) is 0 Å². The normalized spacial score (nSPS) is 22.7. The summed E-state index contributed by atoms with van der Waals surface area (Å²) in [5, 5.41) is 23.0. The maximum Gasteiger partial charge on any atom is 0.348 e. The number of carbonyl (C=O) groups is 1. The van der Waals surface area contributed by atoms with Crippen LogP contribution in [-0.2, 0) is 13.8 Å². The fourth-order valence-electron chi connectivity index (χ4n) is 3.40. The van der Waals surface area contributed by atoms with Crippen LogP contribution in [0.4, 0.5) is 5.82 Å². The zero-order chi connectivity index (χ0) is 24.6. The minimum absolute atomic E-state index is 0.0371. The Balaban J connectivity index is 1.61. The average molecular weight is 495 g/mol. The van der Waals surface area contributed by atoms with Gasteiger partial charge in [-0.05, 0) is 24.3 Å². The number of methoxy groups -OCH3 is 1. The van der Waals surface area contributed by atoms with Gasteiger partial charge in [0.15, 0.2) is 11.9 Å². The van der Waals surface area contributed by atoms with E-state index in [0.29, 0.717) is 5.75 Å². The smallest absolute Gasteiger partial charge is 0.348 e. The van der Waals surface area contributed by atoms with Crippen molar-refractivity contribution >= 4 is 30.7 Å². The maximum absolute atomic E-state index is 12.6. The summed E-state index contributed by atoms with van der Waals surface area (Å²) in [5.74, 6) is -0.102. The molecule has 1 aliphatic rings. The van der Waals surface area contributed by atoms with Crippen LogP contribution < -0.4 is 25.5 Å². The van der Waals surface area contributed by atoms with Crippen molar-refractivity contribution in [1.82, 2.24) is 19.5 Å². The number of rotatable bonds is 7. The van der Waals surface area contributed by atoms with Crippen LogP contribution in [0.15, 0.2) is 35.4 Å². The Kier molecular flexibility index (Phi) is 6.51. The number of aromatic amines is 1. The second kappa shape index (κ2) is 9.23. The number of hydrogen-bond donors (Lipinski definition) is 4. The Morgan fingerprint density at radius 3 is 2.65 bits per heavy atom. The van der Waals surface area contributed by atoms with Gasteiger partial charge in [-0.3, -0.25) is 14.3 Å². The lowest BCUT2D eigenvalue weighted by Gasteiger charge is -2.30. The number of aliphatic hydroxyl groups excluding tert-OH is 2. The van der Waals surface area contributed by atoms with E-state index in [1.807, 2.05) is 0 Å². The number of imidazole rings is 1. The van der Waals surface area contributed by atoms with Crippen molar-refractivity contribution in [2.45, 2.75) is 24.5 Å². The lowest BCUT2D eigenvalue weighted by molar-refractivity contribution is -0.343. The van der Waals surface area contributed by atoms with Gasteiger partial charge >= 0.3 is 5.69 Å². The first-order chi connectivity index (χ1) is 16.1. The molecule has 16 heteroatoms. The molecule has 3 aromatic rings. The number of aromatic nitrogens is 4. The predicted molar refractivity (Wildman–Crippen MR) is 109 cm³/mol. The standard InChI is InChI=1S/C18H20N5O10P/c1-31-9-4-2-8(3-5-9)16(26)20-14-11-15(22-18(27)21-14)23(7-19-11)17-13(25)12(24)10(33-17)6-32-34(28,29)30/h2-5,7,10,12-13,17,24-25H,6H2,1H3,(H2,28,29,30)(H2,20,21,22,26,27)/p-2/t10-,12-,13-,17-/m1/s1. The van der Waals surface area contributed by atoms with E-state index in [0.717, 1.165) is 10.9 Å². The minimum Gasteiger partial charge on any atom is -0.790 e. The SMILES string of the molecule is COc1ccc(C(=O)Nc2[nH]c(=O)nc3c2ncn3[C@@H]2O[C@H](COP(=O)([O-])[O-])[C@@H](O)[C@H]2O)cc1. The van der Waals surface area contributed by atoms with E-state index < -0.39 is 50.6 Å². The minimum atomic E-state index is -5.34. The van der Waals surface area contributed by atoms with Crippen molar-refractivity contribution in [3.05, 3.63) is 46.6 Å². The zero-order valence-electron chi connectivity index (χ0n) is 17.4. The molecule has 0 aliphatic carbocycles. The molecular formula is C18H18N5O10P-2. The van der Waals surface area contributed by atoms with Crippen molar-refractivity contribution in [2.24, 2.45) is 0 Å². The summed E-state index contributed by atoms with van der Waals surface area (Å²) >= 11 is 0. The van der Waals surface area contributed by atoms with Crippen LogP contribution in [-0.4, -0.2) is 67.7 Å². The molecule has 4 N–H and O–H groups in total. The number of carbonyl (C=O) groups excluding carboxylic acids is 1. The first-order valence-electron chi connectivity index (χ1n) is 9.68. The highest BCUT2D eigenvalue weighted by atomic mass is 31.2. The lowest BCUT2D eigenvalue weighted by Crippen LogP contribution is -2.34. The molecule has 0 radical (unpaired) electrons. The summed E-state index contributed by atoms with van der Waals surface area (Å²) in [6, 6.07) is 6.19. The fraction of sp³-hybridized carbons (Fsp3) is 0.333. The number of benzene rings is 1. The molecule has 4 atom stereocenters. The number of nitrogens with one attached hydrogen (secondary N) is 2. The number of amides is 1. The van der Waals surface area contributed by atoms with Crippen LogP contribution in [0.2, 0.25) is 0 Å². The summed E-state index contributed by atoms with van der Waals surface area (Å²) in [5.41, 5.74) is -0.661. The van der Waals surface area contributed by atoms with Gasteiger partial charge in [-0.2, -0.15) is 4.98 Å². The maximum atomic E-state index is 12.6. The highest BCUT2D eigenvalue weighted by Crippen LogP contribution is 2.34. The molecule has 1 fully saturated rings. The Morgan fingerprint density at radius 2 is 2.00 bits per heavy atom. The van der Waals surface area contributed by atoms with Gasteiger partial charge in [-0.15, -0.1) is 0 Å². The molecule has 1 saturated heterocycles. The van der Waals surface area contributed by atoms with Crippen molar-refractivity contribution < 1.29 is 43.4 Å². The van der Waals surface area contributed by atoms with E-state index in [-0.39, 0.29) is 22.5 Å². The van der Waals surface area contributed by atoms with Gasteiger partial charge < -0.3 is 43.9 Å². The topological polar surface area (TPSA) is 224 Å². The zero-order valence-corrected chi connectivity index (χ0v) is 18.2. The van der Waals surface area contributed by atoms with Gasteiger partial charge in [-0.25, -0.2) is 9.78 Å². The van der Waals surface area contributed by atoms with Crippen LogP contribution in [0.25, 0.3) is 11.2 Å². The van der Waals surface area contributed by atoms with Gasteiger partial charge in [0.05, 0.1) is 27.9 Å². The molecule has 0 bridgehead atoms. The van der Waals surface area contributed by atoms with Crippen LogP contribution in [0, 0.1) is 0 Å². The second-order valence-electron chi connectivity index (χ2n) is 7.21. The highest BCUT2D eigenvalue weighted by molar-refractivity contribution is 7.43. The molecule has 3 heterocycles. The average Bonchev–Trinajstić information content (AvgIpc) is 3.33. The van der Waals surface area contributed by atoms with Crippen LogP contribution in [0.3, 0.4) is 0 Å². The van der Waals surface area contributed by atoms with Gasteiger partial charge in [0, 0.05) is 5.56 Å². The number of ether oxygens (including phenoxy) is 2. The molecule has 0 spiro atoms. The molecule has 1 aromatic carbocycles. The number of aliphatic hydroxyl groups is 2. The monoisotopic (exact) mass is 495 g/mol. The predicted octanol–water partition coefficient (Wildman–Crippen LogP) is -2.15. The Morgan fingerprint density at radius 1 is 1.29 bits per heavy atom. The van der Waals surface area contributed by atoms with Crippen molar-refractivity contribution in [2.75, 3.05) is 19.0 Å². The van der Waals surface area contributed by atoms with E-state index in [4.69, 9.17) is 9.47 Å². The third kappa shape index (κ3) is 4.85. The fourth-order valence-corrected chi connectivity index (χ4v) is 3.73.